The quantitative estimate of drug-likeness (QED) is 0.939. The largest absolute Gasteiger partial charge is 0.451 e. The lowest BCUT2D eigenvalue weighted by Crippen LogP contribution is -2.57. The third kappa shape index (κ3) is 2.99. The summed E-state index contributed by atoms with van der Waals surface area (Å²) in [5.74, 6) is 1.37. The summed E-state index contributed by atoms with van der Waals surface area (Å²) in [5, 5.41) is 3.67. The van der Waals surface area contributed by atoms with Crippen LogP contribution in [0, 0.1) is 5.92 Å². The fraction of sp³-hybridized carbons (Fsp3) is 0.412. The Morgan fingerprint density at radius 3 is 2.83 bits per heavy atom. The lowest BCUT2D eigenvalue weighted by atomic mass is 9.84. The number of aromatic nitrogens is 1. The molecule has 3 aliphatic heterocycles. The van der Waals surface area contributed by atoms with E-state index in [1.165, 1.54) is 12.8 Å². The molecule has 3 aliphatic rings. The SMILES string of the molecule is O=C(NC1CN2CCC1CC2)c1ccc(-c2cncc(Cl)c2)o1. The summed E-state index contributed by atoms with van der Waals surface area (Å²) in [4.78, 5) is 18.9. The summed E-state index contributed by atoms with van der Waals surface area (Å²) in [5.41, 5.74) is 0.763. The summed E-state index contributed by atoms with van der Waals surface area (Å²) in [6, 6.07) is 5.47. The van der Waals surface area contributed by atoms with Gasteiger partial charge in [-0.1, -0.05) is 11.6 Å². The summed E-state index contributed by atoms with van der Waals surface area (Å²) in [6.07, 6.45) is 5.57. The second kappa shape index (κ2) is 5.98. The molecule has 6 heteroatoms. The first-order valence-electron chi connectivity index (χ1n) is 7.93. The number of piperidine rings is 3. The van der Waals surface area contributed by atoms with Crippen LogP contribution in [0.1, 0.15) is 23.4 Å². The molecule has 0 spiro atoms. The van der Waals surface area contributed by atoms with Crippen molar-refractivity contribution in [3.63, 3.8) is 0 Å². The number of nitrogens with one attached hydrogen (secondary N) is 1. The number of hydrogen-bond acceptors (Lipinski definition) is 4. The van der Waals surface area contributed by atoms with Crippen molar-refractivity contribution in [2.24, 2.45) is 5.92 Å². The molecule has 5 rings (SSSR count). The molecule has 1 amide bonds. The highest BCUT2D eigenvalue weighted by molar-refractivity contribution is 6.30. The molecule has 0 saturated carbocycles. The van der Waals surface area contributed by atoms with E-state index in [0.29, 0.717) is 22.5 Å². The van der Waals surface area contributed by atoms with Crippen LogP contribution in [0.3, 0.4) is 0 Å². The first kappa shape index (κ1) is 14.7. The Labute approximate surface area is 139 Å². The molecule has 2 aromatic heterocycles. The van der Waals surface area contributed by atoms with E-state index in [0.717, 1.165) is 25.2 Å². The highest BCUT2D eigenvalue weighted by Crippen LogP contribution is 2.28. The second-order valence-corrected chi connectivity index (χ2v) is 6.71. The molecule has 23 heavy (non-hydrogen) atoms. The van der Waals surface area contributed by atoms with Crippen molar-refractivity contribution in [1.29, 1.82) is 0 Å². The van der Waals surface area contributed by atoms with Gasteiger partial charge in [-0.25, -0.2) is 0 Å². The predicted molar refractivity (Wildman–Crippen MR) is 87.4 cm³/mol. The van der Waals surface area contributed by atoms with Crippen LogP contribution in [-0.4, -0.2) is 41.5 Å². The van der Waals surface area contributed by atoms with Crippen LogP contribution in [0.15, 0.2) is 35.0 Å². The van der Waals surface area contributed by atoms with E-state index in [9.17, 15) is 4.79 Å². The number of carbonyl (C=O) groups is 1. The number of halogens is 1. The van der Waals surface area contributed by atoms with Gasteiger partial charge in [-0.3, -0.25) is 9.78 Å². The monoisotopic (exact) mass is 331 g/mol. The Balaban J connectivity index is 1.47. The smallest absolute Gasteiger partial charge is 0.287 e. The van der Waals surface area contributed by atoms with Crippen LogP contribution in [0.5, 0.6) is 0 Å². The lowest BCUT2D eigenvalue weighted by Gasteiger charge is -2.44. The molecule has 0 aliphatic carbocycles. The van der Waals surface area contributed by atoms with E-state index in [-0.39, 0.29) is 11.9 Å². The molecule has 0 aromatic carbocycles. The molecule has 120 valence electrons. The van der Waals surface area contributed by atoms with Gasteiger partial charge in [0, 0.05) is 30.5 Å². The van der Waals surface area contributed by atoms with Crippen molar-refractivity contribution in [2.75, 3.05) is 19.6 Å². The van der Waals surface area contributed by atoms with Crippen molar-refractivity contribution in [1.82, 2.24) is 15.2 Å². The molecule has 3 fully saturated rings. The number of rotatable bonds is 3. The van der Waals surface area contributed by atoms with E-state index in [4.69, 9.17) is 16.0 Å². The van der Waals surface area contributed by atoms with Crippen molar-refractivity contribution < 1.29 is 9.21 Å². The molecule has 1 N–H and O–H groups in total. The van der Waals surface area contributed by atoms with Crippen LogP contribution < -0.4 is 5.32 Å². The maximum atomic E-state index is 12.4. The Hall–Kier alpha value is -1.85. The normalized spacial score (nSPS) is 26.2. The van der Waals surface area contributed by atoms with Gasteiger partial charge in [-0.05, 0) is 50.0 Å². The van der Waals surface area contributed by atoms with Crippen molar-refractivity contribution in [3.8, 4) is 11.3 Å². The van der Waals surface area contributed by atoms with Gasteiger partial charge in [0.05, 0.1) is 5.02 Å². The topological polar surface area (TPSA) is 58.4 Å². The number of nitrogens with zero attached hydrogens (tertiary/aromatic N) is 2. The third-order valence-corrected chi connectivity index (χ3v) is 5.00. The highest BCUT2D eigenvalue weighted by Gasteiger charge is 2.35. The van der Waals surface area contributed by atoms with E-state index in [1.54, 1.807) is 30.6 Å². The number of amides is 1. The van der Waals surface area contributed by atoms with Crippen LogP contribution in [0.25, 0.3) is 11.3 Å². The van der Waals surface area contributed by atoms with Crippen molar-refractivity contribution >= 4 is 17.5 Å². The first-order chi connectivity index (χ1) is 11.2. The number of carbonyl (C=O) groups excluding carboxylic acids is 1. The molecule has 5 nitrogen and oxygen atoms in total. The summed E-state index contributed by atoms with van der Waals surface area (Å²) in [7, 11) is 0. The number of fused-ring (bicyclic) bond motifs is 3. The zero-order valence-electron chi connectivity index (χ0n) is 12.7. The van der Waals surface area contributed by atoms with Crippen LogP contribution in [0.4, 0.5) is 0 Å². The van der Waals surface area contributed by atoms with Gasteiger partial charge in [0.2, 0.25) is 0 Å². The van der Waals surface area contributed by atoms with Crippen molar-refractivity contribution in [3.05, 3.63) is 41.4 Å². The van der Waals surface area contributed by atoms with Crippen LogP contribution in [0.2, 0.25) is 5.02 Å². The Kier molecular flexibility index (Phi) is 3.83. The molecule has 2 aromatic rings. The average Bonchev–Trinajstić information content (AvgIpc) is 3.06. The minimum atomic E-state index is -0.148. The number of furan rings is 1. The van der Waals surface area contributed by atoms with E-state index in [2.05, 4.69) is 15.2 Å². The average molecular weight is 332 g/mol. The third-order valence-electron chi connectivity index (χ3n) is 4.79. The van der Waals surface area contributed by atoms with E-state index in [1.807, 2.05) is 0 Å². The Morgan fingerprint density at radius 1 is 1.30 bits per heavy atom. The van der Waals surface area contributed by atoms with E-state index < -0.39 is 0 Å². The standard InChI is InChI=1S/C17H18ClN3O2/c18-13-7-12(8-19-9-13)15-1-2-16(23-15)17(22)20-14-10-21-5-3-11(14)4-6-21/h1-2,7-9,11,14H,3-6,10H2,(H,20,22). The second-order valence-electron chi connectivity index (χ2n) is 6.27. The van der Waals surface area contributed by atoms with E-state index >= 15 is 0 Å². The molecule has 0 radical (unpaired) electrons. The summed E-state index contributed by atoms with van der Waals surface area (Å²) < 4.78 is 5.68. The maximum absolute atomic E-state index is 12.4. The van der Waals surface area contributed by atoms with Gasteiger partial charge in [0.15, 0.2) is 5.76 Å². The molecule has 1 unspecified atom stereocenters. The highest BCUT2D eigenvalue weighted by atomic mass is 35.5. The Bertz CT molecular complexity index is 722. The lowest BCUT2D eigenvalue weighted by molar-refractivity contribution is 0.0606. The minimum absolute atomic E-state index is 0.148. The summed E-state index contributed by atoms with van der Waals surface area (Å²) >= 11 is 5.94. The maximum Gasteiger partial charge on any atom is 0.287 e. The predicted octanol–water partition coefficient (Wildman–Crippen LogP) is 2.82. The Morgan fingerprint density at radius 2 is 2.13 bits per heavy atom. The molecule has 5 heterocycles. The summed E-state index contributed by atoms with van der Waals surface area (Å²) in [6.45, 7) is 3.26. The van der Waals surface area contributed by atoms with Gasteiger partial charge in [-0.2, -0.15) is 0 Å². The minimum Gasteiger partial charge on any atom is -0.451 e. The van der Waals surface area contributed by atoms with Crippen LogP contribution in [-0.2, 0) is 0 Å². The van der Waals surface area contributed by atoms with Gasteiger partial charge in [0.25, 0.3) is 5.91 Å². The molecule has 2 bridgehead atoms. The molecular formula is C17H18ClN3O2. The van der Waals surface area contributed by atoms with Gasteiger partial charge < -0.3 is 14.6 Å². The molecule has 3 saturated heterocycles. The van der Waals surface area contributed by atoms with Gasteiger partial charge >= 0.3 is 0 Å². The fourth-order valence-corrected chi connectivity index (χ4v) is 3.70. The zero-order chi connectivity index (χ0) is 15.8. The zero-order valence-corrected chi connectivity index (χ0v) is 13.4. The van der Waals surface area contributed by atoms with Gasteiger partial charge in [0.1, 0.15) is 5.76 Å². The number of hydrogen-bond donors (Lipinski definition) is 1. The first-order valence-corrected chi connectivity index (χ1v) is 8.31. The van der Waals surface area contributed by atoms with Gasteiger partial charge in [-0.15, -0.1) is 0 Å². The molecule has 1 atom stereocenters. The van der Waals surface area contributed by atoms with Crippen LogP contribution >= 0.6 is 11.6 Å². The number of pyridine rings is 1. The fourth-order valence-electron chi connectivity index (χ4n) is 3.53. The molecular weight excluding hydrogens is 314 g/mol. The van der Waals surface area contributed by atoms with Crippen molar-refractivity contribution in [2.45, 2.75) is 18.9 Å².